The summed E-state index contributed by atoms with van der Waals surface area (Å²) in [5.74, 6) is -1.00. The molecule has 0 saturated carbocycles. The number of amides is 1. The van der Waals surface area contributed by atoms with Crippen molar-refractivity contribution < 1.29 is 23.9 Å². The molecule has 1 amide bonds. The Morgan fingerprint density at radius 2 is 1.79 bits per heavy atom. The van der Waals surface area contributed by atoms with Crippen molar-refractivity contribution in [2.75, 3.05) is 19.7 Å². The first-order chi connectivity index (χ1) is 11.2. The van der Waals surface area contributed by atoms with Crippen molar-refractivity contribution in [2.24, 2.45) is 0 Å². The van der Waals surface area contributed by atoms with Gasteiger partial charge in [0.1, 0.15) is 5.69 Å². The van der Waals surface area contributed by atoms with Gasteiger partial charge >= 0.3 is 5.97 Å². The number of carbonyl (C=O) groups is 3. The van der Waals surface area contributed by atoms with Gasteiger partial charge in [-0.25, -0.2) is 4.79 Å². The molecule has 1 aromatic rings. The molecule has 0 radical (unpaired) electrons. The fraction of sp³-hybridized carbons (Fsp3) is 0.588. The molecule has 7 nitrogen and oxygen atoms in total. The molecular formula is C17H24N2O5. The molecule has 1 aromatic heterocycles. The zero-order valence-corrected chi connectivity index (χ0v) is 14.8. The molecule has 2 heterocycles. The van der Waals surface area contributed by atoms with E-state index in [9.17, 15) is 14.4 Å². The second-order valence-corrected chi connectivity index (χ2v) is 6.31. The van der Waals surface area contributed by atoms with Crippen molar-refractivity contribution in [2.45, 2.75) is 46.8 Å². The van der Waals surface area contributed by atoms with Gasteiger partial charge < -0.3 is 19.4 Å². The number of nitrogens with zero attached hydrogens (tertiary/aromatic N) is 1. The first kappa shape index (κ1) is 18.2. The Morgan fingerprint density at radius 3 is 2.29 bits per heavy atom. The van der Waals surface area contributed by atoms with Gasteiger partial charge in [-0.1, -0.05) is 0 Å². The lowest BCUT2D eigenvalue weighted by molar-refractivity contribution is -0.146. The summed E-state index contributed by atoms with van der Waals surface area (Å²) in [5, 5.41) is 0. The van der Waals surface area contributed by atoms with Crippen LogP contribution >= 0.6 is 0 Å². The van der Waals surface area contributed by atoms with Crippen molar-refractivity contribution in [1.29, 1.82) is 0 Å². The summed E-state index contributed by atoms with van der Waals surface area (Å²) < 4.78 is 10.7. The molecular weight excluding hydrogens is 312 g/mol. The van der Waals surface area contributed by atoms with E-state index in [2.05, 4.69) is 4.98 Å². The largest absolute Gasteiger partial charge is 0.451 e. The normalized spacial score (nSPS) is 20.8. The van der Waals surface area contributed by atoms with Crippen LogP contribution < -0.4 is 0 Å². The van der Waals surface area contributed by atoms with Gasteiger partial charge in [0.2, 0.25) is 0 Å². The van der Waals surface area contributed by atoms with Crippen LogP contribution in [0, 0.1) is 13.8 Å². The van der Waals surface area contributed by atoms with Crippen LogP contribution in [0.25, 0.3) is 0 Å². The first-order valence-corrected chi connectivity index (χ1v) is 8.01. The summed E-state index contributed by atoms with van der Waals surface area (Å²) in [4.78, 5) is 40.6. The van der Waals surface area contributed by atoms with E-state index in [0.29, 0.717) is 29.9 Å². The summed E-state index contributed by atoms with van der Waals surface area (Å²) in [6, 6.07) is 0. The van der Waals surface area contributed by atoms with E-state index in [1.165, 1.54) is 6.92 Å². The summed E-state index contributed by atoms with van der Waals surface area (Å²) >= 11 is 0. The highest BCUT2D eigenvalue weighted by molar-refractivity contribution is 6.01. The van der Waals surface area contributed by atoms with Crippen molar-refractivity contribution in [3.8, 4) is 0 Å². The maximum Gasteiger partial charge on any atom is 0.355 e. The summed E-state index contributed by atoms with van der Waals surface area (Å²) in [7, 11) is 0. The highest BCUT2D eigenvalue weighted by Gasteiger charge is 2.27. The van der Waals surface area contributed by atoms with E-state index in [1.807, 2.05) is 13.8 Å². The fourth-order valence-corrected chi connectivity index (χ4v) is 3.15. The maximum absolute atomic E-state index is 12.2. The molecule has 1 N–H and O–H groups in total. The van der Waals surface area contributed by atoms with Gasteiger partial charge in [0, 0.05) is 24.3 Å². The summed E-state index contributed by atoms with van der Waals surface area (Å²) in [5.41, 5.74) is 1.87. The Hall–Kier alpha value is -2.15. The number of ketones is 1. The van der Waals surface area contributed by atoms with E-state index in [1.54, 1.807) is 18.7 Å². The lowest BCUT2D eigenvalue weighted by Crippen LogP contribution is -2.49. The highest BCUT2D eigenvalue weighted by Crippen LogP contribution is 2.19. The number of carbonyl (C=O) groups excluding carboxylic acids is 3. The quantitative estimate of drug-likeness (QED) is 0.667. The molecule has 0 aliphatic carbocycles. The smallest absolute Gasteiger partial charge is 0.355 e. The second kappa shape index (κ2) is 7.17. The third-order valence-corrected chi connectivity index (χ3v) is 4.09. The van der Waals surface area contributed by atoms with Crippen LogP contribution in [-0.2, 0) is 14.3 Å². The maximum atomic E-state index is 12.2. The lowest BCUT2D eigenvalue weighted by Gasteiger charge is -2.35. The molecule has 132 valence electrons. The molecule has 7 heteroatoms. The van der Waals surface area contributed by atoms with Crippen LogP contribution in [0.1, 0.15) is 52.9 Å². The molecule has 0 bridgehead atoms. The molecule has 1 aliphatic rings. The standard InChI is InChI=1S/C17H24N2O5/c1-9-6-19(7-10(2)24-9)14(21)8-23-17(22)16-11(3)15(13(5)20)12(4)18-16/h9-10,18H,6-8H2,1-5H3/t9-,10-/m0/s1. The number of morpholine rings is 1. The molecule has 2 rings (SSSR count). The molecule has 0 unspecified atom stereocenters. The van der Waals surface area contributed by atoms with E-state index in [-0.39, 0.29) is 36.2 Å². The third-order valence-electron chi connectivity index (χ3n) is 4.09. The Bertz CT molecular complexity index is 654. The summed E-state index contributed by atoms with van der Waals surface area (Å²) in [6.45, 7) is 9.29. The first-order valence-electron chi connectivity index (χ1n) is 8.01. The van der Waals surface area contributed by atoms with E-state index in [0.717, 1.165) is 0 Å². The number of esters is 1. The van der Waals surface area contributed by atoms with Crippen LogP contribution in [0.4, 0.5) is 0 Å². The number of aryl methyl sites for hydroxylation is 1. The topological polar surface area (TPSA) is 88.7 Å². The van der Waals surface area contributed by atoms with Crippen molar-refractivity contribution in [3.63, 3.8) is 0 Å². The highest BCUT2D eigenvalue weighted by atomic mass is 16.5. The van der Waals surface area contributed by atoms with Gasteiger partial charge in [-0.15, -0.1) is 0 Å². The van der Waals surface area contributed by atoms with Gasteiger partial charge in [0.05, 0.1) is 12.2 Å². The second-order valence-electron chi connectivity index (χ2n) is 6.31. The van der Waals surface area contributed by atoms with Crippen LogP contribution in [0.3, 0.4) is 0 Å². The van der Waals surface area contributed by atoms with Gasteiger partial charge in [-0.3, -0.25) is 9.59 Å². The number of aromatic amines is 1. The average Bonchev–Trinajstić information content (AvgIpc) is 2.78. The number of H-pyrrole nitrogens is 1. The molecule has 24 heavy (non-hydrogen) atoms. The molecule has 0 spiro atoms. The van der Waals surface area contributed by atoms with Crippen LogP contribution in [0.15, 0.2) is 0 Å². The van der Waals surface area contributed by atoms with Gasteiger partial charge in [0.15, 0.2) is 12.4 Å². The van der Waals surface area contributed by atoms with E-state index < -0.39 is 5.97 Å². The molecule has 2 atom stereocenters. The zero-order valence-electron chi connectivity index (χ0n) is 14.8. The number of nitrogens with one attached hydrogen (secondary N) is 1. The van der Waals surface area contributed by atoms with Crippen LogP contribution in [0.2, 0.25) is 0 Å². The lowest BCUT2D eigenvalue weighted by atomic mass is 10.1. The van der Waals surface area contributed by atoms with Crippen LogP contribution in [-0.4, -0.2) is 59.4 Å². The predicted octanol–water partition coefficient (Wildman–Crippen LogP) is 1.63. The number of rotatable bonds is 4. The van der Waals surface area contributed by atoms with Gasteiger partial charge in [-0.05, 0) is 40.2 Å². The molecule has 0 aromatic carbocycles. The number of ether oxygens (including phenoxy) is 2. The number of aromatic nitrogens is 1. The van der Waals surface area contributed by atoms with Crippen molar-refractivity contribution >= 4 is 17.7 Å². The number of hydrogen-bond donors (Lipinski definition) is 1. The predicted molar refractivity (Wildman–Crippen MR) is 87.1 cm³/mol. The Balaban J connectivity index is 1.99. The van der Waals surface area contributed by atoms with Crippen LogP contribution in [0.5, 0.6) is 0 Å². The minimum Gasteiger partial charge on any atom is -0.451 e. The molecule has 1 fully saturated rings. The Morgan fingerprint density at radius 1 is 1.21 bits per heavy atom. The Kier molecular flexibility index (Phi) is 5.43. The van der Waals surface area contributed by atoms with Gasteiger partial charge in [-0.2, -0.15) is 0 Å². The van der Waals surface area contributed by atoms with Crippen molar-refractivity contribution in [1.82, 2.24) is 9.88 Å². The number of Topliss-reactive ketones (excluding diaryl/α,β-unsaturated/α-hetero) is 1. The SMILES string of the molecule is CC(=O)c1c(C)[nH]c(C(=O)OCC(=O)N2C[C@H](C)O[C@@H](C)C2)c1C. The van der Waals surface area contributed by atoms with Gasteiger partial charge in [0.25, 0.3) is 5.91 Å². The minimum atomic E-state index is -0.634. The third kappa shape index (κ3) is 3.84. The molecule has 1 saturated heterocycles. The monoisotopic (exact) mass is 336 g/mol. The Labute approximate surface area is 141 Å². The molecule has 1 aliphatic heterocycles. The van der Waals surface area contributed by atoms with E-state index >= 15 is 0 Å². The average molecular weight is 336 g/mol. The summed E-state index contributed by atoms with van der Waals surface area (Å²) in [6.07, 6.45) is -0.0837. The zero-order chi connectivity index (χ0) is 18.0. The van der Waals surface area contributed by atoms with E-state index in [4.69, 9.17) is 9.47 Å². The van der Waals surface area contributed by atoms with Crippen molar-refractivity contribution in [3.05, 3.63) is 22.5 Å². The minimum absolute atomic E-state index is 0.0418. The number of hydrogen-bond acceptors (Lipinski definition) is 5. The fourth-order valence-electron chi connectivity index (χ4n) is 3.15.